The Labute approximate surface area is 107 Å². The standard InChI is InChI=1S/C12H17NO4S/c1-9-5-7-10(8-6-9)18(15,16)13-11(14)12(2,3)17-4/h5-8H,1-4H3,(H,13,14). The summed E-state index contributed by atoms with van der Waals surface area (Å²) in [4.78, 5) is 11.8. The minimum absolute atomic E-state index is 0.0494. The Balaban J connectivity index is 2.96. The van der Waals surface area contributed by atoms with Crippen molar-refractivity contribution in [3.05, 3.63) is 29.8 Å². The van der Waals surface area contributed by atoms with Crippen molar-refractivity contribution < 1.29 is 17.9 Å². The fourth-order valence-corrected chi connectivity index (χ4v) is 2.22. The lowest BCUT2D eigenvalue weighted by Crippen LogP contribution is -2.45. The topological polar surface area (TPSA) is 72.5 Å². The summed E-state index contributed by atoms with van der Waals surface area (Å²) >= 11 is 0. The molecule has 6 heteroatoms. The quantitative estimate of drug-likeness (QED) is 0.894. The van der Waals surface area contributed by atoms with Crippen LogP contribution < -0.4 is 4.72 Å². The van der Waals surface area contributed by atoms with E-state index in [-0.39, 0.29) is 4.90 Å². The molecule has 1 N–H and O–H groups in total. The Morgan fingerprint density at radius 2 is 1.72 bits per heavy atom. The summed E-state index contributed by atoms with van der Waals surface area (Å²) < 4.78 is 30.8. The van der Waals surface area contributed by atoms with Gasteiger partial charge in [-0.05, 0) is 32.9 Å². The molecule has 1 amide bonds. The Hall–Kier alpha value is -1.40. The Morgan fingerprint density at radius 3 is 2.17 bits per heavy atom. The second kappa shape index (κ2) is 5.07. The number of methoxy groups -OCH3 is 1. The summed E-state index contributed by atoms with van der Waals surface area (Å²) in [6.45, 7) is 4.84. The van der Waals surface area contributed by atoms with Crippen LogP contribution in [0.3, 0.4) is 0 Å². The minimum atomic E-state index is -3.85. The van der Waals surface area contributed by atoms with Crippen molar-refractivity contribution in [1.29, 1.82) is 0 Å². The van der Waals surface area contributed by atoms with E-state index < -0.39 is 21.5 Å². The van der Waals surface area contributed by atoms with Crippen LogP contribution in [0.2, 0.25) is 0 Å². The molecule has 18 heavy (non-hydrogen) atoms. The number of nitrogens with one attached hydrogen (secondary N) is 1. The van der Waals surface area contributed by atoms with Crippen molar-refractivity contribution in [2.24, 2.45) is 0 Å². The molecule has 1 rings (SSSR count). The van der Waals surface area contributed by atoms with Crippen LogP contribution in [0.1, 0.15) is 19.4 Å². The lowest BCUT2D eigenvalue weighted by Gasteiger charge is -2.21. The lowest BCUT2D eigenvalue weighted by atomic mass is 10.1. The maximum atomic E-state index is 11.9. The highest BCUT2D eigenvalue weighted by Gasteiger charge is 2.31. The zero-order chi connectivity index (χ0) is 14.0. The van der Waals surface area contributed by atoms with Crippen LogP contribution in [-0.2, 0) is 19.6 Å². The summed E-state index contributed by atoms with van der Waals surface area (Å²) in [5, 5.41) is 0. The van der Waals surface area contributed by atoms with E-state index in [0.29, 0.717) is 0 Å². The van der Waals surface area contributed by atoms with E-state index in [1.807, 2.05) is 11.6 Å². The van der Waals surface area contributed by atoms with E-state index in [0.717, 1.165) is 5.56 Å². The molecule has 0 aromatic heterocycles. The maximum Gasteiger partial charge on any atom is 0.265 e. The van der Waals surface area contributed by atoms with Gasteiger partial charge in [0.05, 0.1) is 4.90 Å². The zero-order valence-electron chi connectivity index (χ0n) is 10.9. The molecule has 1 aromatic carbocycles. The smallest absolute Gasteiger partial charge is 0.265 e. The monoisotopic (exact) mass is 271 g/mol. The van der Waals surface area contributed by atoms with Gasteiger partial charge in [0.25, 0.3) is 15.9 Å². The predicted octanol–water partition coefficient (Wildman–Crippen LogP) is 1.22. The second-order valence-corrected chi connectivity index (χ2v) is 6.14. The van der Waals surface area contributed by atoms with Crippen LogP contribution in [0.4, 0.5) is 0 Å². The summed E-state index contributed by atoms with van der Waals surface area (Å²) in [5.74, 6) is -0.703. The third-order valence-corrected chi connectivity index (χ3v) is 3.96. The number of rotatable bonds is 4. The average Bonchev–Trinajstić information content (AvgIpc) is 2.29. The number of benzene rings is 1. The van der Waals surface area contributed by atoms with Crippen LogP contribution in [0.15, 0.2) is 29.2 Å². The Bertz CT molecular complexity index is 532. The van der Waals surface area contributed by atoms with Gasteiger partial charge in [0, 0.05) is 7.11 Å². The predicted molar refractivity (Wildman–Crippen MR) is 67.6 cm³/mol. The number of hydrogen-bond acceptors (Lipinski definition) is 4. The molecule has 0 atom stereocenters. The van der Waals surface area contributed by atoms with Gasteiger partial charge in [-0.15, -0.1) is 0 Å². The zero-order valence-corrected chi connectivity index (χ0v) is 11.7. The SMILES string of the molecule is COC(C)(C)C(=O)NS(=O)(=O)c1ccc(C)cc1. The summed E-state index contributed by atoms with van der Waals surface area (Å²) in [7, 11) is -2.50. The van der Waals surface area contributed by atoms with Crippen molar-refractivity contribution in [1.82, 2.24) is 4.72 Å². The van der Waals surface area contributed by atoms with Gasteiger partial charge in [-0.3, -0.25) is 4.79 Å². The number of carbonyl (C=O) groups is 1. The molecule has 0 fully saturated rings. The first-order valence-corrected chi connectivity index (χ1v) is 6.86. The highest BCUT2D eigenvalue weighted by atomic mass is 32.2. The summed E-state index contributed by atoms with van der Waals surface area (Å²) in [6.07, 6.45) is 0. The van der Waals surface area contributed by atoms with Gasteiger partial charge in [-0.1, -0.05) is 17.7 Å². The van der Waals surface area contributed by atoms with E-state index in [4.69, 9.17) is 4.74 Å². The van der Waals surface area contributed by atoms with Crippen LogP contribution >= 0.6 is 0 Å². The third-order valence-electron chi connectivity index (χ3n) is 2.62. The molecule has 0 heterocycles. The normalized spacial score (nSPS) is 12.2. The first kappa shape index (κ1) is 14.7. The minimum Gasteiger partial charge on any atom is -0.369 e. The number of hydrogen-bond donors (Lipinski definition) is 1. The molecule has 0 saturated heterocycles. The molecule has 0 aliphatic carbocycles. The maximum absolute atomic E-state index is 11.9. The molecule has 0 spiro atoms. The molecular weight excluding hydrogens is 254 g/mol. The largest absolute Gasteiger partial charge is 0.369 e. The van der Waals surface area contributed by atoms with Crippen LogP contribution in [0, 0.1) is 6.92 Å². The van der Waals surface area contributed by atoms with Gasteiger partial charge < -0.3 is 4.74 Å². The molecule has 0 bridgehead atoms. The first-order chi connectivity index (χ1) is 8.19. The number of sulfonamides is 1. The molecule has 0 radical (unpaired) electrons. The van der Waals surface area contributed by atoms with Crippen LogP contribution in [0.5, 0.6) is 0 Å². The number of amides is 1. The second-order valence-electron chi connectivity index (χ2n) is 4.46. The van der Waals surface area contributed by atoms with E-state index in [1.165, 1.54) is 33.1 Å². The Kier molecular flexibility index (Phi) is 4.13. The highest BCUT2D eigenvalue weighted by Crippen LogP contribution is 2.13. The molecule has 0 unspecified atom stereocenters. The molecular formula is C12H17NO4S. The molecule has 100 valence electrons. The fourth-order valence-electron chi connectivity index (χ4n) is 1.11. The molecule has 0 aliphatic heterocycles. The number of aryl methyl sites for hydroxylation is 1. The van der Waals surface area contributed by atoms with Gasteiger partial charge in [0.1, 0.15) is 5.60 Å². The van der Waals surface area contributed by atoms with Crippen LogP contribution in [0.25, 0.3) is 0 Å². The lowest BCUT2D eigenvalue weighted by molar-refractivity contribution is -0.137. The summed E-state index contributed by atoms with van der Waals surface area (Å²) in [5.41, 5.74) is -0.255. The van der Waals surface area contributed by atoms with Gasteiger partial charge in [0.15, 0.2) is 0 Å². The molecule has 0 aliphatic rings. The van der Waals surface area contributed by atoms with Crippen molar-refractivity contribution in [3.63, 3.8) is 0 Å². The fraction of sp³-hybridized carbons (Fsp3) is 0.417. The van der Waals surface area contributed by atoms with Crippen molar-refractivity contribution in [2.75, 3.05) is 7.11 Å². The number of ether oxygens (including phenoxy) is 1. The van der Waals surface area contributed by atoms with E-state index in [1.54, 1.807) is 12.1 Å². The number of carbonyl (C=O) groups excluding carboxylic acids is 1. The highest BCUT2D eigenvalue weighted by molar-refractivity contribution is 7.90. The van der Waals surface area contributed by atoms with Gasteiger partial charge >= 0.3 is 0 Å². The first-order valence-electron chi connectivity index (χ1n) is 5.38. The molecule has 0 saturated carbocycles. The molecule has 5 nitrogen and oxygen atoms in total. The van der Waals surface area contributed by atoms with Crippen molar-refractivity contribution >= 4 is 15.9 Å². The van der Waals surface area contributed by atoms with Crippen molar-refractivity contribution in [3.8, 4) is 0 Å². The van der Waals surface area contributed by atoms with Crippen LogP contribution in [-0.4, -0.2) is 27.0 Å². The average molecular weight is 271 g/mol. The van der Waals surface area contributed by atoms with E-state index in [9.17, 15) is 13.2 Å². The van der Waals surface area contributed by atoms with Gasteiger partial charge in [0.2, 0.25) is 0 Å². The molecule has 1 aromatic rings. The third kappa shape index (κ3) is 3.30. The van der Waals surface area contributed by atoms with Gasteiger partial charge in [-0.2, -0.15) is 0 Å². The van der Waals surface area contributed by atoms with Crippen molar-refractivity contribution in [2.45, 2.75) is 31.3 Å². The van der Waals surface area contributed by atoms with E-state index in [2.05, 4.69) is 0 Å². The Morgan fingerprint density at radius 1 is 1.22 bits per heavy atom. The summed E-state index contributed by atoms with van der Waals surface area (Å²) in [6, 6.07) is 6.23. The van der Waals surface area contributed by atoms with E-state index >= 15 is 0 Å². The van der Waals surface area contributed by atoms with Gasteiger partial charge in [-0.25, -0.2) is 13.1 Å².